The first-order chi connectivity index (χ1) is 16.5. The van der Waals surface area contributed by atoms with Crippen molar-refractivity contribution in [3.05, 3.63) is 72.3 Å². The van der Waals surface area contributed by atoms with Crippen molar-refractivity contribution in [2.75, 3.05) is 33.4 Å². The quantitative estimate of drug-likeness (QED) is 0.487. The summed E-state index contributed by atoms with van der Waals surface area (Å²) in [6, 6.07) is 14.1. The van der Waals surface area contributed by atoms with Crippen LogP contribution >= 0.6 is 0 Å². The van der Waals surface area contributed by atoms with Gasteiger partial charge in [-0.2, -0.15) is 0 Å². The second-order valence-electron chi connectivity index (χ2n) is 9.09. The zero-order valence-corrected chi connectivity index (χ0v) is 20.2. The zero-order valence-electron chi connectivity index (χ0n) is 20.2. The fraction of sp³-hybridized carbons (Fsp3) is 0.444. The summed E-state index contributed by atoms with van der Waals surface area (Å²) in [5.41, 5.74) is 1.56. The Balaban J connectivity index is 1.28. The molecule has 4 rings (SSSR count). The van der Waals surface area contributed by atoms with Gasteiger partial charge in [-0.15, -0.1) is 0 Å². The highest BCUT2D eigenvalue weighted by atomic mass is 16.5. The van der Waals surface area contributed by atoms with E-state index in [1.165, 1.54) is 11.1 Å². The first-order valence-corrected chi connectivity index (χ1v) is 11.9. The summed E-state index contributed by atoms with van der Waals surface area (Å²) < 4.78 is 19.4. The van der Waals surface area contributed by atoms with E-state index >= 15 is 0 Å². The SMILES string of the molecule is COc1cc(CN2CCC[C@@](O)(COc3ccc(C)cc3)CC2)ccc1OCCn1ccnc1. The summed E-state index contributed by atoms with van der Waals surface area (Å²) >= 11 is 0. The molecule has 3 aromatic rings. The minimum atomic E-state index is -0.801. The summed E-state index contributed by atoms with van der Waals surface area (Å²) in [4.78, 5) is 6.43. The highest BCUT2D eigenvalue weighted by molar-refractivity contribution is 5.43. The maximum absolute atomic E-state index is 11.1. The molecule has 7 heteroatoms. The fourth-order valence-corrected chi connectivity index (χ4v) is 4.26. The molecule has 1 N–H and O–H groups in total. The van der Waals surface area contributed by atoms with Crippen LogP contribution < -0.4 is 14.2 Å². The van der Waals surface area contributed by atoms with E-state index in [0.29, 0.717) is 19.6 Å². The van der Waals surface area contributed by atoms with Gasteiger partial charge in [-0.05, 0) is 62.6 Å². The van der Waals surface area contributed by atoms with Gasteiger partial charge < -0.3 is 23.9 Å². The third kappa shape index (κ3) is 6.74. The van der Waals surface area contributed by atoms with Crippen molar-refractivity contribution < 1.29 is 19.3 Å². The molecule has 0 saturated carbocycles. The molecule has 1 aromatic heterocycles. The summed E-state index contributed by atoms with van der Waals surface area (Å²) in [6.45, 7) is 6.22. The van der Waals surface area contributed by atoms with Gasteiger partial charge in [-0.25, -0.2) is 4.98 Å². The lowest BCUT2D eigenvalue weighted by molar-refractivity contribution is -0.0168. The Bertz CT molecular complexity index is 1020. The first kappa shape index (κ1) is 24.1. The molecule has 0 aliphatic carbocycles. The highest BCUT2D eigenvalue weighted by Gasteiger charge is 2.31. The lowest BCUT2D eigenvalue weighted by atomic mass is 9.96. The molecule has 0 radical (unpaired) electrons. The van der Waals surface area contributed by atoms with E-state index < -0.39 is 5.60 Å². The molecule has 1 aliphatic heterocycles. The number of hydrogen-bond acceptors (Lipinski definition) is 6. The maximum atomic E-state index is 11.1. The van der Waals surface area contributed by atoms with Crippen LogP contribution in [0.15, 0.2) is 61.2 Å². The molecular weight excluding hydrogens is 430 g/mol. The number of nitrogens with zero attached hydrogens (tertiary/aromatic N) is 3. The van der Waals surface area contributed by atoms with E-state index in [9.17, 15) is 5.11 Å². The number of benzene rings is 2. The van der Waals surface area contributed by atoms with Crippen LogP contribution in [0, 0.1) is 6.92 Å². The first-order valence-electron chi connectivity index (χ1n) is 11.9. The zero-order chi connectivity index (χ0) is 23.8. The van der Waals surface area contributed by atoms with E-state index in [1.54, 1.807) is 19.6 Å². The minimum Gasteiger partial charge on any atom is -0.493 e. The number of methoxy groups -OCH3 is 1. The Labute approximate surface area is 201 Å². The number of likely N-dealkylation sites (tertiary alicyclic amines) is 1. The lowest BCUT2D eigenvalue weighted by Gasteiger charge is -2.27. The minimum absolute atomic E-state index is 0.322. The predicted molar refractivity (Wildman–Crippen MR) is 131 cm³/mol. The van der Waals surface area contributed by atoms with Crippen molar-refractivity contribution in [1.29, 1.82) is 0 Å². The van der Waals surface area contributed by atoms with Crippen LogP contribution in [0.3, 0.4) is 0 Å². The van der Waals surface area contributed by atoms with Gasteiger partial charge in [0.25, 0.3) is 0 Å². The average Bonchev–Trinajstić information content (AvgIpc) is 3.29. The Hall–Kier alpha value is -3.03. The molecular formula is C27H35N3O4. The average molecular weight is 466 g/mol. The van der Waals surface area contributed by atoms with Gasteiger partial charge in [0.05, 0.1) is 25.6 Å². The number of aliphatic hydroxyl groups is 1. The number of ether oxygens (including phenoxy) is 3. The van der Waals surface area contributed by atoms with E-state index in [2.05, 4.69) is 22.9 Å². The molecule has 1 atom stereocenters. The van der Waals surface area contributed by atoms with Gasteiger partial charge in [0.1, 0.15) is 19.0 Å². The number of aryl methyl sites for hydroxylation is 1. The van der Waals surface area contributed by atoms with Crippen molar-refractivity contribution >= 4 is 0 Å². The summed E-state index contributed by atoms with van der Waals surface area (Å²) in [6.07, 6.45) is 7.81. The molecule has 0 unspecified atom stereocenters. The van der Waals surface area contributed by atoms with Crippen LogP contribution in [0.2, 0.25) is 0 Å². The van der Waals surface area contributed by atoms with Crippen LogP contribution in [0.4, 0.5) is 0 Å². The normalized spacial score (nSPS) is 18.9. The molecule has 1 aliphatic rings. The standard InChI is InChI=1S/C27H35N3O4/c1-22-4-7-24(8-5-22)34-20-27(31)10-3-13-29(14-11-27)19-23-6-9-25(26(18-23)32-2)33-17-16-30-15-12-28-21-30/h4-9,12,15,18,21,31H,3,10-11,13-14,16-17,19-20H2,1-2H3/t27-/m0/s1. The number of aromatic nitrogens is 2. The Morgan fingerprint density at radius 3 is 2.65 bits per heavy atom. The topological polar surface area (TPSA) is 69.0 Å². The van der Waals surface area contributed by atoms with Crippen LogP contribution in [0.1, 0.15) is 30.4 Å². The number of rotatable bonds is 10. The van der Waals surface area contributed by atoms with Gasteiger partial charge in [0, 0.05) is 25.5 Å². The Morgan fingerprint density at radius 1 is 1.03 bits per heavy atom. The smallest absolute Gasteiger partial charge is 0.161 e. The number of imidazole rings is 1. The maximum Gasteiger partial charge on any atom is 0.161 e. The van der Waals surface area contributed by atoms with Crippen LogP contribution in [0.5, 0.6) is 17.2 Å². The monoisotopic (exact) mass is 465 g/mol. The van der Waals surface area contributed by atoms with E-state index in [-0.39, 0.29) is 0 Å². The fourth-order valence-electron chi connectivity index (χ4n) is 4.26. The van der Waals surface area contributed by atoms with Crippen molar-refractivity contribution in [2.45, 2.75) is 44.9 Å². The number of hydrogen-bond donors (Lipinski definition) is 1. The van der Waals surface area contributed by atoms with Crippen LogP contribution in [0.25, 0.3) is 0 Å². The lowest BCUT2D eigenvalue weighted by Crippen LogP contribution is -2.37. The second kappa shape index (κ2) is 11.4. The molecule has 1 fully saturated rings. The van der Waals surface area contributed by atoms with Gasteiger partial charge >= 0.3 is 0 Å². The summed E-state index contributed by atoms with van der Waals surface area (Å²) in [5, 5.41) is 11.1. The third-order valence-corrected chi connectivity index (χ3v) is 6.34. The third-order valence-electron chi connectivity index (χ3n) is 6.34. The molecule has 1 saturated heterocycles. The Kier molecular flexibility index (Phi) is 8.08. The van der Waals surface area contributed by atoms with E-state index in [4.69, 9.17) is 14.2 Å². The molecule has 2 heterocycles. The Morgan fingerprint density at radius 2 is 1.88 bits per heavy atom. The highest BCUT2D eigenvalue weighted by Crippen LogP contribution is 2.30. The molecule has 182 valence electrons. The molecule has 0 amide bonds. The van der Waals surface area contributed by atoms with E-state index in [0.717, 1.165) is 56.3 Å². The predicted octanol–water partition coefficient (Wildman–Crippen LogP) is 4.08. The molecule has 2 aromatic carbocycles. The van der Waals surface area contributed by atoms with Gasteiger partial charge in [0.15, 0.2) is 11.5 Å². The van der Waals surface area contributed by atoms with Gasteiger partial charge in [-0.3, -0.25) is 4.90 Å². The largest absolute Gasteiger partial charge is 0.493 e. The molecule has 7 nitrogen and oxygen atoms in total. The van der Waals surface area contributed by atoms with E-state index in [1.807, 2.05) is 47.2 Å². The molecule has 0 spiro atoms. The summed E-state index contributed by atoms with van der Waals surface area (Å²) in [5.74, 6) is 2.28. The van der Waals surface area contributed by atoms with Crippen molar-refractivity contribution in [2.24, 2.45) is 0 Å². The van der Waals surface area contributed by atoms with Crippen molar-refractivity contribution in [1.82, 2.24) is 14.5 Å². The summed E-state index contributed by atoms with van der Waals surface area (Å²) in [7, 11) is 1.67. The molecule has 0 bridgehead atoms. The van der Waals surface area contributed by atoms with Crippen molar-refractivity contribution in [3.8, 4) is 17.2 Å². The van der Waals surface area contributed by atoms with Crippen LogP contribution in [-0.2, 0) is 13.1 Å². The van der Waals surface area contributed by atoms with Gasteiger partial charge in [-0.1, -0.05) is 23.8 Å². The van der Waals surface area contributed by atoms with Gasteiger partial charge in [0.2, 0.25) is 0 Å². The second-order valence-corrected chi connectivity index (χ2v) is 9.09. The van der Waals surface area contributed by atoms with Crippen molar-refractivity contribution in [3.63, 3.8) is 0 Å². The molecule has 34 heavy (non-hydrogen) atoms. The van der Waals surface area contributed by atoms with Crippen LogP contribution in [-0.4, -0.2) is 58.6 Å².